The van der Waals surface area contributed by atoms with Gasteiger partial charge in [-0.25, -0.2) is 0 Å². The third-order valence-electron chi connectivity index (χ3n) is 2.07. The van der Waals surface area contributed by atoms with E-state index < -0.39 is 0 Å². The van der Waals surface area contributed by atoms with Crippen molar-refractivity contribution in [1.82, 2.24) is 4.90 Å². The van der Waals surface area contributed by atoms with E-state index in [4.69, 9.17) is 5.73 Å². The summed E-state index contributed by atoms with van der Waals surface area (Å²) in [5.74, 6) is 2.68. The van der Waals surface area contributed by atoms with E-state index in [1.165, 1.54) is 11.5 Å². The second-order valence-electron chi connectivity index (χ2n) is 2.91. The van der Waals surface area contributed by atoms with Gasteiger partial charge in [-0.05, 0) is 0 Å². The summed E-state index contributed by atoms with van der Waals surface area (Å²) in [6.07, 6.45) is 0. The first-order chi connectivity index (χ1) is 4.36. The molecule has 2 N–H and O–H groups in total. The maximum absolute atomic E-state index is 5.64. The van der Waals surface area contributed by atoms with Crippen LogP contribution < -0.4 is 5.73 Å². The predicted molar refractivity (Wildman–Crippen MR) is 40.7 cm³/mol. The molecule has 0 aromatic carbocycles. The lowest BCUT2D eigenvalue weighted by molar-refractivity contribution is 0.112. The van der Waals surface area contributed by atoms with Crippen molar-refractivity contribution in [3.8, 4) is 0 Å². The van der Waals surface area contributed by atoms with E-state index in [1.54, 1.807) is 0 Å². The Bertz CT molecular complexity index is 108. The van der Waals surface area contributed by atoms with Crippen molar-refractivity contribution in [2.45, 2.75) is 12.1 Å². The molecule has 0 saturated carbocycles. The number of rotatable bonds is 1. The molecule has 2 aliphatic rings. The van der Waals surface area contributed by atoms with Gasteiger partial charge < -0.3 is 5.73 Å². The Hall–Kier alpha value is 0.270. The molecule has 2 nitrogen and oxygen atoms in total. The molecule has 9 heavy (non-hydrogen) atoms. The molecule has 0 aromatic rings. The Balaban J connectivity index is 1.75. The third kappa shape index (κ3) is 0.974. The monoisotopic (exact) mass is 144 g/mol. The van der Waals surface area contributed by atoms with Gasteiger partial charge in [0.2, 0.25) is 0 Å². The third-order valence-corrected chi connectivity index (χ3v) is 3.32. The van der Waals surface area contributed by atoms with Crippen LogP contribution in [0.1, 0.15) is 0 Å². The van der Waals surface area contributed by atoms with Crippen LogP contribution in [0.5, 0.6) is 0 Å². The van der Waals surface area contributed by atoms with E-state index in [0.717, 1.165) is 19.1 Å². The Morgan fingerprint density at radius 3 is 2.33 bits per heavy atom. The van der Waals surface area contributed by atoms with E-state index in [1.807, 2.05) is 11.8 Å². The van der Waals surface area contributed by atoms with Gasteiger partial charge in [0, 0.05) is 36.7 Å². The number of nitrogens with two attached hydrogens (primary N) is 1. The molecule has 2 heterocycles. The fourth-order valence-electron chi connectivity index (χ4n) is 1.28. The number of nitrogens with zero attached hydrogens (tertiary/aromatic N) is 1. The van der Waals surface area contributed by atoms with E-state index in [9.17, 15) is 0 Å². The standard InChI is InChI=1S/C6H12N2S/c7-5-1-8(2-5)6-3-9-4-6/h5-6H,1-4,7H2. The highest BCUT2D eigenvalue weighted by Gasteiger charge is 2.33. The molecule has 2 rings (SSSR count). The fraction of sp³-hybridized carbons (Fsp3) is 1.00. The van der Waals surface area contributed by atoms with E-state index in [-0.39, 0.29) is 0 Å². The van der Waals surface area contributed by atoms with Crippen LogP contribution in [0.15, 0.2) is 0 Å². The van der Waals surface area contributed by atoms with Crippen molar-refractivity contribution in [3.05, 3.63) is 0 Å². The topological polar surface area (TPSA) is 29.3 Å². The lowest BCUT2D eigenvalue weighted by Crippen LogP contribution is -2.62. The van der Waals surface area contributed by atoms with Gasteiger partial charge in [0.15, 0.2) is 0 Å². The van der Waals surface area contributed by atoms with E-state index in [2.05, 4.69) is 4.90 Å². The SMILES string of the molecule is NC1CN(C2CSC2)C1. The minimum Gasteiger partial charge on any atom is -0.325 e. The largest absolute Gasteiger partial charge is 0.325 e. The van der Waals surface area contributed by atoms with E-state index in [0.29, 0.717) is 6.04 Å². The van der Waals surface area contributed by atoms with Gasteiger partial charge >= 0.3 is 0 Å². The van der Waals surface area contributed by atoms with Crippen LogP contribution in [0.4, 0.5) is 0 Å². The average Bonchev–Trinajstić information content (AvgIpc) is 1.57. The highest BCUT2D eigenvalue weighted by Crippen LogP contribution is 2.25. The first-order valence-corrected chi connectivity index (χ1v) is 4.59. The molecule has 0 radical (unpaired) electrons. The van der Waals surface area contributed by atoms with Gasteiger partial charge in [0.25, 0.3) is 0 Å². The first kappa shape index (κ1) is 6.01. The molecule has 52 valence electrons. The molecule has 0 amide bonds. The average molecular weight is 144 g/mol. The minimum atomic E-state index is 0.482. The molecule has 3 heteroatoms. The molecular formula is C6H12N2S. The predicted octanol–water partition coefficient (Wildman–Crippen LogP) is -0.255. The van der Waals surface area contributed by atoms with E-state index >= 15 is 0 Å². The van der Waals surface area contributed by atoms with Crippen LogP contribution in [0.3, 0.4) is 0 Å². The molecule has 0 unspecified atom stereocenters. The Kier molecular flexibility index (Phi) is 1.43. The molecule has 2 aliphatic heterocycles. The highest BCUT2D eigenvalue weighted by molar-refractivity contribution is 8.00. The summed E-state index contributed by atoms with van der Waals surface area (Å²) in [7, 11) is 0. The number of thioether (sulfide) groups is 1. The van der Waals surface area contributed by atoms with Crippen LogP contribution in [-0.2, 0) is 0 Å². The molecule has 0 bridgehead atoms. The minimum absolute atomic E-state index is 0.482. The summed E-state index contributed by atoms with van der Waals surface area (Å²) < 4.78 is 0. The maximum atomic E-state index is 5.64. The van der Waals surface area contributed by atoms with Crippen molar-refractivity contribution < 1.29 is 0 Å². The van der Waals surface area contributed by atoms with Crippen molar-refractivity contribution in [2.75, 3.05) is 24.6 Å². The summed E-state index contributed by atoms with van der Waals surface area (Å²) in [6, 6.07) is 1.37. The normalized spacial score (nSPS) is 31.7. The van der Waals surface area contributed by atoms with Crippen LogP contribution >= 0.6 is 11.8 Å². The van der Waals surface area contributed by atoms with Gasteiger partial charge in [-0.3, -0.25) is 4.90 Å². The Labute approximate surface area is 59.8 Å². The summed E-state index contributed by atoms with van der Waals surface area (Å²) >= 11 is 2.04. The number of hydrogen-bond acceptors (Lipinski definition) is 3. The summed E-state index contributed by atoms with van der Waals surface area (Å²) in [5, 5.41) is 0. The quantitative estimate of drug-likeness (QED) is 0.550. The zero-order chi connectivity index (χ0) is 6.27. The van der Waals surface area contributed by atoms with Crippen LogP contribution in [-0.4, -0.2) is 41.6 Å². The first-order valence-electron chi connectivity index (χ1n) is 3.43. The van der Waals surface area contributed by atoms with Crippen molar-refractivity contribution in [1.29, 1.82) is 0 Å². The molecule has 2 saturated heterocycles. The molecule has 0 aromatic heterocycles. The lowest BCUT2D eigenvalue weighted by atomic mass is 10.1. The zero-order valence-corrected chi connectivity index (χ0v) is 6.23. The van der Waals surface area contributed by atoms with Gasteiger partial charge in [-0.2, -0.15) is 11.8 Å². The van der Waals surface area contributed by atoms with Crippen LogP contribution in [0, 0.1) is 0 Å². The van der Waals surface area contributed by atoms with Crippen LogP contribution in [0.2, 0.25) is 0 Å². The zero-order valence-electron chi connectivity index (χ0n) is 5.42. The van der Waals surface area contributed by atoms with Gasteiger partial charge in [-0.1, -0.05) is 0 Å². The van der Waals surface area contributed by atoms with Gasteiger partial charge in [0.1, 0.15) is 0 Å². The summed E-state index contributed by atoms with van der Waals surface area (Å²) in [4.78, 5) is 2.49. The molecular weight excluding hydrogens is 132 g/mol. The second kappa shape index (κ2) is 2.15. The van der Waals surface area contributed by atoms with Gasteiger partial charge in [-0.15, -0.1) is 0 Å². The summed E-state index contributed by atoms with van der Waals surface area (Å²) in [5.41, 5.74) is 5.64. The smallest absolute Gasteiger partial charge is 0.0297 e. The molecule has 0 spiro atoms. The lowest BCUT2D eigenvalue weighted by Gasteiger charge is -2.46. The Morgan fingerprint density at radius 2 is 2.00 bits per heavy atom. The molecule has 2 fully saturated rings. The van der Waals surface area contributed by atoms with Crippen LogP contribution in [0.25, 0.3) is 0 Å². The van der Waals surface area contributed by atoms with Crippen molar-refractivity contribution in [3.63, 3.8) is 0 Å². The van der Waals surface area contributed by atoms with Crippen molar-refractivity contribution >= 4 is 11.8 Å². The second-order valence-corrected chi connectivity index (χ2v) is 3.98. The number of likely N-dealkylation sites (tertiary alicyclic amines) is 1. The number of hydrogen-bond donors (Lipinski definition) is 1. The van der Waals surface area contributed by atoms with Crippen molar-refractivity contribution in [2.24, 2.45) is 5.73 Å². The van der Waals surface area contributed by atoms with Gasteiger partial charge in [0.05, 0.1) is 0 Å². The fourth-order valence-corrected chi connectivity index (χ4v) is 2.15. The molecule has 0 atom stereocenters. The summed E-state index contributed by atoms with van der Waals surface area (Å²) in [6.45, 7) is 2.29. The molecule has 0 aliphatic carbocycles. The maximum Gasteiger partial charge on any atom is 0.0297 e. The Morgan fingerprint density at radius 1 is 1.33 bits per heavy atom. The highest BCUT2D eigenvalue weighted by atomic mass is 32.2.